The highest BCUT2D eigenvalue weighted by Gasteiger charge is 2.24. The van der Waals surface area contributed by atoms with E-state index in [1.54, 1.807) is 12.1 Å². The number of likely N-dealkylation sites (tertiary alicyclic amines) is 1. The van der Waals surface area contributed by atoms with Crippen molar-refractivity contribution in [3.05, 3.63) is 106 Å². The lowest BCUT2D eigenvalue weighted by Crippen LogP contribution is -2.37. The molecule has 3 aromatic rings. The van der Waals surface area contributed by atoms with E-state index >= 15 is 0 Å². The second-order valence-electron chi connectivity index (χ2n) is 7.86. The number of carbonyl (C=O) groups excluding carboxylic acids is 1. The van der Waals surface area contributed by atoms with Gasteiger partial charge in [-0.1, -0.05) is 48.2 Å². The molecule has 3 nitrogen and oxygen atoms in total. The Morgan fingerprint density at radius 2 is 1.61 bits per heavy atom. The summed E-state index contributed by atoms with van der Waals surface area (Å²) in [4.78, 5) is 14.9. The number of piperidine rings is 1. The Hall–Kier alpha value is -3.42. The number of nitrogens with zero attached hydrogens (tertiary/aromatic N) is 1. The van der Waals surface area contributed by atoms with Crippen molar-refractivity contribution in [3.8, 4) is 11.8 Å². The molecule has 156 valence electrons. The van der Waals surface area contributed by atoms with Gasteiger partial charge in [0.25, 0.3) is 5.91 Å². The minimum Gasteiger partial charge on any atom is -0.339 e. The van der Waals surface area contributed by atoms with Gasteiger partial charge in [0.05, 0.1) is 0 Å². The molecule has 4 rings (SSSR count). The summed E-state index contributed by atoms with van der Waals surface area (Å²) in [7, 11) is 0. The zero-order valence-electron chi connectivity index (χ0n) is 17.4. The van der Waals surface area contributed by atoms with Gasteiger partial charge in [-0.25, -0.2) is 4.39 Å². The summed E-state index contributed by atoms with van der Waals surface area (Å²) in [6, 6.07) is 22.0. The van der Waals surface area contributed by atoms with Crippen LogP contribution in [-0.4, -0.2) is 23.9 Å². The topological polar surface area (TPSA) is 46.3 Å². The number of hydrogen-bond donors (Lipinski definition) is 1. The van der Waals surface area contributed by atoms with E-state index in [2.05, 4.69) is 30.0 Å². The van der Waals surface area contributed by atoms with Crippen molar-refractivity contribution in [2.45, 2.75) is 25.3 Å². The van der Waals surface area contributed by atoms with Crippen molar-refractivity contribution in [3.63, 3.8) is 0 Å². The van der Waals surface area contributed by atoms with Crippen LogP contribution >= 0.6 is 0 Å². The summed E-state index contributed by atoms with van der Waals surface area (Å²) in [5.41, 5.74) is 10.2. The van der Waals surface area contributed by atoms with Crippen LogP contribution in [0.2, 0.25) is 0 Å². The quantitative estimate of drug-likeness (QED) is 0.634. The van der Waals surface area contributed by atoms with Crippen LogP contribution in [0.1, 0.15) is 51.4 Å². The average Bonchev–Trinajstić information content (AvgIpc) is 2.83. The zero-order chi connectivity index (χ0) is 21.6. The third-order valence-corrected chi connectivity index (χ3v) is 5.73. The number of halogens is 1. The molecule has 1 aliphatic heterocycles. The maximum Gasteiger partial charge on any atom is 0.253 e. The van der Waals surface area contributed by atoms with Crippen LogP contribution in [0.3, 0.4) is 0 Å². The Kier molecular flexibility index (Phi) is 6.45. The number of rotatable bonds is 3. The van der Waals surface area contributed by atoms with E-state index in [1.807, 2.05) is 35.2 Å². The lowest BCUT2D eigenvalue weighted by Gasteiger charge is -2.32. The summed E-state index contributed by atoms with van der Waals surface area (Å²) in [5.74, 6) is 6.16. The predicted octanol–water partition coefficient (Wildman–Crippen LogP) is 4.70. The van der Waals surface area contributed by atoms with Crippen LogP contribution in [-0.2, 0) is 6.54 Å². The lowest BCUT2D eigenvalue weighted by molar-refractivity contribution is 0.0713. The van der Waals surface area contributed by atoms with Gasteiger partial charge in [-0.3, -0.25) is 4.79 Å². The molecule has 3 aromatic carbocycles. The second-order valence-corrected chi connectivity index (χ2v) is 7.86. The van der Waals surface area contributed by atoms with Crippen molar-refractivity contribution in [1.82, 2.24) is 4.90 Å². The van der Waals surface area contributed by atoms with Crippen LogP contribution in [0.5, 0.6) is 0 Å². The van der Waals surface area contributed by atoms with E-state index in [-0.39, 0.29) is 11.7 Å². The Balaban J connectivity index is 1.42. The number of nitrogens with two attached hydrogens (primary N) is 1. The Morgan fingerprint density at radius 3 is 2.32 bits per heavy atom. The largest absolute Gasteiger partial charge is 0.339 e. The van der Waals surface area contributed by atoms with Crippen LogP contribution in [0, 0.1) is 17.7 Å². The maximum atomic E-state index is 13.3. The van der Waals surface area contributed by atoms with Gasteiger partial charge in [-0.15, -0.1) is 0 Å². The Morgan fingerprint density at radius 1 is 0.935 bits per heavy atom. The number of hydrogen-bond acceptors (Lipinski definition) is 2. The zero-order valence-corrected chi connectivity index (χ0v) is 17.4. The van der Waals surface area contributed by atoms with Crippen LogP contribution in [0.25, 0.3) is 0 Å². The van der Waals surface area contributed by atoms with Gasteiger partial charge in [-0.05, 0) is 66.3 Å². The Bertz CT molecular complexity index is 1140. The Labute approximate surface area is 182 Å². The van der Waals surface area contributed by atoms with Gasteiger partial charge >= 0.3 is 0 Å². The minimum atomic E-state index is -0.311. The lowest BCUT2D eigenvalue weighted by atomic mass is 9.88. The first-order valence-electron chi connectivity index (χ1n) is 10.6. The fraction of sp³-hybridized carbons (Fsp3) is 0.222. The fourth-order valence-electron chi connectivity index (χ4n) is 4.01. The molecule has 1 aliphatic rings. The molecule has 1 amide bonds. The summed E-state index contributed by atoms with van der Waals surface area (Å²) >= 11 is 0. The van der Waals surface area contributed by atoms with Gasteiger partial charge in [0.15, 0.2) is 0 Å². The number of carbonyl (C=O) groups is 1. The van der Waals surface area contributed by atoms with E-state index in [1.165, 1.54) is 17.7 Å². The average molecular weight is 413 g/mol. The molecule has 0 bridgehead atoms. The first-order valence-corrected chi connectivity index (χ1v) is 10.6. The van der Waals surface area contributed by atoms with E-state index in [0.717, 1.165) is 37.1 Å². The van der Waals surface area contributed by atoms with Gasteiger partial charge < -0.3 is 10.6 Å². The van der Waals surface area contributed by atoms with Crippen molar-refractivity contribution < 1.29 is 9.18 Å². The van der Waals surface area contributed by atoms with Crippen molar-refractivity contribution >= 4 is 5.91 Å². The van der Waals surface area contributed by atoms with Crippen LogP contribution < -0.4 is 5.73 Å². The third kappa shape index (κ3) is 5.20. The van der Waals surface area contributed by atoms with Gasteiger partial charge in [0.1, 0.15) is 5.82 Å². The summed E-state index contributed by atoms with van der Waals surface area (Å²) in [6.07, 6.45) is 1.89. The molecule has 2 N–H and O–H groups in total. The number of amides is 1. The highest BCUT2D eigenvalue weighted by atomic mass is 19.1. The summed E-state index contributed by atoms with van der Waals surface area (Å²) in [5, 5.41) is 0. The molecule has 1 heterocycles. The highest BCUT2D eigenvalue weighted by Crippen LogP contribution is 2.29. The molecule has 0 spiro atoms. The predicted molar refractivity (Wildman–Crippen MR) is 121 cm³/mol. The van der Waals surface area contributed by atoms with E-state index in [4.69, 9.17) is 5.73 Å². The molecule has 1 saturated heterocycles. The smallest absolute Gasteiger partial charge is 0.253 e. The monoisotopic (exact) mass is 412 g/mol. The summed E-state index contributed by atoms with van der Waals surface area (Å²) < 4.78 is 13.3. The molecule has 0 radical (unpaired) electrons. The third-order valence-electron chi connectivity index (χ3n) is 5.73. The molecule has 0 aliphatic carbocycles. The van der Waals surface area contributed by atoms with Gasteiger partial charge in [0.2, 0.25) is 0 Å². The minimum absolute atomic E-state index is 0.0311. The highest BCUT2D eigenvalue weighted by molar-refractivity contribution is 5.94. The van der Waals surface area contributed by atoms with Crippen LogP contribution in [0.15, 0.2) is 72.8 Å². The first-order chi connectivity index (χ1) is 15.1. The second kappa shape index (κ2) is 9.59. The van der Waals surface area contributed by atoms with Crippen LogP contribution in [0.4, 0.5) is 4.39 Å². The molecule has 0 saturated carbocycles. The van der Waals surface area contributed by atoms with E-state index in [9.17, 15) is 9.18 Å². The molecule has 0 aromatic heterocycles. The molecular formula is C27H25FN2O. The fourth-order valence-corrected chi connectivity index (χ4v) is 4.01. The molecule has 1 fully saturated rings. The van der Waals surface area contributed by atoms with Gasteiger partial charge in [-0.2, -0.15) is 0 Å². The van der Waals surface area contributed by atoms with Gasteiger partial charge in [0, 0.05) is 36.3 Å². The first kappa shape index (κ1) is 20.8. The SMILES string of the molecule is NCc1cccc(C2CCN(C(=O)c3cccc(C#Cc4cccc(F)c4)c3)CC2)c1. The molecule has 0 atom stereocenters. The molecular weight excluding hydrogens is 387 g/mol. The van der Waals surface area contributed by atoms with Crippen molar-refractivity contribution in [2.24, 2.45) is 5.73 Å². The maximum absolute atomic E-state index is 13.3. The molecule has 0 unspecified atom stereocenters. The van der Waals surface area contributed by atoms with E-state index in [0.29, 0.717) is 23.6 Å². The van der Waals surface area contributed by atoms with Crippen molar-refractivity contribution in [2.75, 3.05) is 13.1 Å². The summed E-state index contributed by atoms with van der Waals surface area (Å²) in [6.45, 7) is 2.01. The standard InChI is InChI=1S/C27H25FN2O/c28-26-9-3-5-21(18-26)11-10-20-4-1-8-25(16-20)27(31)30-14-12-23(13-15-30)24-7-2-6-22(17-24)19-29/h1-9,16-18,23H,12-15,19,29H2. The number of benzene rings is 3. The normalized spacial score (nSPS) is 14.1. The molecule has 31 heavy (non-hydrogen) atoms. The van der Waals surface area contributed by atoms with E-state index < -0.39 is 0 Å². The van der Waals surface area contributed by atoms with Crippen molar-refractivity contribution in [1.29, 1.82) is 0 Å². The molecule has 4 heteroatoms.